The van der Waals surface area contributed by atoms with Gasteiger partial charge in [-0.1, -0.05) is 43.2 Å². The molecule has 0 radical (unpaired) electrons. The summed E-state index contributed by atoms with van der Waals surface area (Å²) in [6, 6.07) is 12.9. The first-order valence-corrected chi connectivity index (χ1v) is 12.8. The van der Waals surface area contributed by atoms with Gasteiger partial charge in [0, 0.05) is 20.1 Å². The molecule has 0 fully saturated rings. The second-order valence-electron chi connectivity index (χ2n) is 8.26. The molecule has 34 heavy (non-hydrogen) atoms. The number of nitrogens with zero attached hydrogens (tertiary/aromatic N) is 2. The number of unbranched alkanes of at least 4 members (excludes halogenated alkanes) is 1. The van der Waals surface area contributed by atoms with E-state index in [4.69, 9.17) is 4.74 Å². The van der Waals surface area contributed by atoms with E-state index in [1.54, 1.807) is 38.3 Å². The van der Waals surface area contributed by atoms with Gasteiger partial charge >= 0.3 is 0 Å². The van der Waals surface area contributed by atoms with Crippen molar-refractivity contribution in [3.8, 4) is 5.75 Å². The molecule has 0 aliphatic heterocycles. The number of carbonyl (C=O) groups is 2. The summed E-state index contributed by atoms with van der Waals surface area (Å²) in [6.07, 6.45) is 1.77. The smallest absolute Gasteiger partial charge is 0.243 e. The first kappa shape index (κ1) is 27.3. The lowest BCUT2D eigenvalue weighted by Gasteiger charge is -2.30. The fourth-order valence-electron chi connectivity index (χ4n) is 3.30. The average Bonchev–Trinajstić information content (AvgIpc) is 2.82. The van der Waals surface area contributed by atoms with Crippen molar-refractivity contribution in [1.29, 1.82) is 0 Å². The molecule has 2 amide bonds. The van der Waals surface area contributed by atoms with Gasteiger partial charge in [0.05, 0.1) is 18.6 Å². The number of ether oxygens (including phenoxy) is 1. The van der Waals surface area contributed by atoms with E-state index in [-0.39, 0.29) is 23.9 Å². The van der Waals surface area contributed by atoms with Gasteiger partial charge in [-0.15, -0.1) is 0 Å². The number of aryl methyl sites for hydroxylation is 1. The third-order valence-corrected chi connectivity index (χ3v) is 7.41. The fourth-order valence-corrected chi connectivity index (χ4v) is 4.42. The maximum absolute atomic E-state index is 13.3. The van der Waals surface area contributed by atoms with Crippen LogP contribution in [-0.2, 0) is 26.2 Å². The Labute approximate surface area is 202 Å². The molecular weight excluding hydrogens is 454 g/mol. The number of sulfonamides is 1. The Kier molecular flexibility index (Phi) is 10.1. The number of hydrogen-bond acceptors (Lipinski definition) is 5. The van der Waals surface area contributed by atoms with Crippen LogP contribution in [0.5, 0.6) is 5.75 Å². The first-order valence-electron chi connectivity index (χ1n) is 11.3. The molecule has 0 saturated carbocycles. The van der Waals surface area contributed by atoms with E-state index in [0.717, 1.165) is 28.3 Å². The molecule has 186 valence electrons. The number of nitrogens with one attached hydrogen (secondary N) is 1. The average molecular weight is 490 g/mol. The summed E-state index contributed by atoms with van der Waals surface area (Å²) < 4.78 is 32.1. The normalized spacial score (nSPS) is 12.3. The minimum absolute atomic E-state index is 0.112. The minimum atomic E-state index is -3.86. The minimum Gasteiger partial charge on any atom is -0.497 e. The molecule has 2 aromatic rings. The summed E-state index contributed by atoms with van der Waals surface area (Å²) in [6.45, 7) is 5.83. The molecule has 0 heterocycles. The second-order valence-corrected chi connectivity index (χ2v) is 10.3. The van der Waals surface area contributed by atoms with Gasteiger partial charge in [-0.25, -0.2) is 8.42 Å². The molecule has 8 nitrogen and oxygen atoms in total. The second kappa shape index (κ2) is 12.5. The highest BCUT2D eigenvalue weighted by molar-refractivity contribution is 7.89. The molecule has 9 heteroatoms. The Bertz CT molecular complexity index is 1050. The molecule has 2 aromatic carbocycles. The molecular formula is C25H35N3O5S. The van der Waals surface area contributed by atoms with Gasteiger partial charge in [0.25, 0.3) is 0 Å². The molecule has 0 saturated heterocycles. The van der Waals surface area contributed by atoms with Crippen molar-refractivity contribution >= 4 is 21.8 Å². The third-order valence-electron chi connectivity index (χ3n) is 5.60. The van der Waals surface area contributed by atoms with Crippen molar-refractivity contribution in [2.45, 2.75) is 51.1 Å². The van der Waals surface area contributed by atoms with Gasteiger partial charge in [-0.2, -0.15) is 4.31 Å². The molecule has 2 rings (SSSR count). The van der Waals surface area contributed by atoms with Gasteiger partial charge in [-0.3, -0.25) is 9.59 Å². The molecule has 1 atom stereocenters. The summed E-state index contributed by atoms with van der Waals surface area (Å²) in [4.78, 5) is 27.6. The maximum atomic E-state index is 13.3. The third kappa shape index (κ3) is 7.30. The van der Waals surface area contributed by atoms with Crippen molar-refractivity contribution < 1.29 is 22.7 Å². The van der Waals surface area contributed by atoms with Crippen LogP contribution in [-0.4, -0.2) is 62.7 Å². The quantitative estimate of drug-likeness (QED) is 0.463. The van der Waals surface area contributed by atoms with E-state index in [0.29, 0.717) is 12.3 Å². The Morgan fingerprint density at radius 1 is 1.06 bits per heavy atom. The van der Waals surface area contributed by atoms with E-state index < -0.39 is 22.0 Å². The molecule has 0 bridgehead atoms. The summed E-state index contributed by atoms with van der Waals surface area (Å²) in [5.74, 6) is -0.0672. The zero-order valence-corrected chi connectivity index (χ0v) is 21.4. The van der Waals surface area contributed by atoms with Crippen molar-refractivity contribution in [1.82, 2.24) is 14.5 Å². The lowest BCUT2D eigenvalue weighted by atomic mass is 10.1. The maximum Gasteiger partial charge on any atom is 0.243 e. The SMILES string of the molecule is CCCCNC(=O)[C@H](C)N(Cc1ccc(OC)cc1)C(=O)CN(C)S(=O)(=O)c1ccc(C)cc1. The van der Waals surface area contributed by atoms with Crippen LogP contribution in [0.3, 0.4) is 0 Å². The molecule has 0 spiro atoms. The van der Waals surface area contributed by atoms with Crippen LogP contribution in [0.15, 0.2) is 53.4 Å². The van der Waals surface area contributed by atoms with E-state index in [1.165, 1.54) is 24.1 Å². The van der Waals surface area contributed by atoms with Gasteiger partial charge < -0.3 is 15.0 Å². The van der Waals surface area contributed by atoms with Crippen LogP contribution in [0.1, 0.15) is 37.8 Å². The number of amides is 2. The van der Waals surface area contributed by atoms with Crippen molar-refractivity contribution in [3.63, 3.8) is 0 Å². The lowest BCUT2D eigenvalue weighted by Crippen LogP contribution is -2.50. The molecule has 0 unspecified atom stereocenters. The van der Waals surface area contributed by atoms with Gasteiger partial charge in [0.15, 0.2) is 0 Å². The van der Waals surface area contributed by atoms with Gasteiger partial charge in [0.2, 0.25) is 21.8 Å². The summed E-state index contributed by atoms with van der Waals surface area (Å²) in [5, 5.41) is 2.85. The highest BCUT2D eigenvalue weighted by atomic mass is 32.2. The van der Waals surface area contributed by atoms with Crippen LogP contribution < -0.4 is 10.1 Å². The predicted octanol–water partition coefficient (Wildman–Crippen LogP) is 2.96. The monoisotopic (exact) mass is 489 g/mol. The number of benzene rings is 2. The lowest BCUT2D eigenvalue weighted by molar-refractivity contribution is -0.140. The molecule has 0 aliphatic carbocycles. The van der Waals surface area contributed by atoms with Crippen LogP contribution in [0, 0.1) is 6.92 Å². The van der Waals surface area contributed by atoms with Crippen LogP contribution in [0.2, 0.25) is 0 Å². The highest BCUT2D eigenvalue weighted by Gasteiger charge is 2.30. The standard InChI is InChI=1S/C25H35N3O5S/c1-6-7-16-26-25(30)20(3)28(17-21-10-12-22(33-5)13-11-21)24(29)18-27(4)34(31,32)23-14-8-19(2)9-15-23/h8-15,20H,6-7,16-18H2,1-5H3,(H,26,30)/t20-/m0/s1. The number of rotatable bonds is 12. The van der Waals surface area contributed by atoms with E-state index in [9.17, 15) is 18.0 Å². The topological polar surface area (TPSA) is 96.0 Å². The molecule has 0 aliphatic rings. The van der Waals surface area contributed by atoms with E-state index in [1.807, 2.05) is 26.0 Å². The van der Waals surface area contributed by atoms with Crippen LogP contribution in [0.25, 0.3) is 0 Å². The Balaban J connectivity index is 2.23. The molecule has 0 aromatic heterocycles. The van der Waals surface area contributed by atoms with E-state index in [2.05, 4.69) is 5.32 Å². The van der Waals surface area contributed by atoms with Crippen LogP contribution in [0.4, 0.5) is 0 Å². The fraction of sp³-hybridized carbons (Fsp3) is 0.440. The van der Waals surface area contributed by atoms with Crippen molar-refractivity contribution in [3.05, 3.63) is 59.7 Å². The van der Waals surface area contributed by atoms with Crippen LogP contribution >= 0.6 is 0 Å². The summed E-state index contributed by atoms with van der Waals surface area (Å²) >= 11 is 0. The number of methoxy groups -OCH3 is 1. The largest absolute Gasteiger partial charge is 0.497 e. The van der Waals surface area contributed by atoms with Crippen molar-refractivity contribution in [2.24, 2.45) is 0 Å². The highest BCUT2D eigenvalue weighted by Crippen LogP contribution is 2.18. The number of likely N-dealkylation sites (N-methyl/N-ethyl adjacent to an activating group) is 1. The van der Waals surface area contributed by atoms with Gasteiger partial charge in [0.1, 0.15) is 11.8 Å². The number of carbonyl (C=O) groups excluding carboxylic acids is 2. The summed E-state index contributed by atoms with van der Waals surface area (Å²) in [7, 11) is -0.928. The zero-order valence-electron chi connectivity index (χ0n) is 20.6. The van der Waals surface area contributed by atoms with E-state index >= 15 is 0 Å². The predicted molar refractivity (Wildman–Crippen MR) is 132 cm³/mol. The Morgan fingerprint density at radius 2 is 1.68 bits per heavy atom. The Morgan fingerprint density at radius 3 is 2.24 bits per heavy atom. The first-order chi connectivity index (χ1) is 16.1. The number of hydrogen-bond donors (Lipinski definition) is 1. The summed E-state index contributed by atoms with van der Waals surface area (Å²) in [5.41, 5.74) is 1.73. The van der Waals surface area contributed by atoms with Crippen molar-refractivity contribution in [2.75, 3.05) is 27.2 Å². The Hall–Kier alpha value is -2.91. The molecule has 1 N–H and O–H groups in total. The zero-order chi connectivity index (χ0) is 25.3. The van der Waals surface area contributed by atoms with Gasteiger partial charge in [-0.05, 0) is 50.1 Å².